The van der Waals surface area contributed by atoms with Crippen molar-refractivity contribution in [3.8, 4) is 0 Å². The van der Waals surface area contributed by atoms with Crippen molar-refractivity contribution in [2.75, 3.05) is 0 Å². The standard InChI is InChI=1S/C22H23N7/c1-13(7-10-19-25-22-15(3)24-12-14(2)29(22)27-19)21-26-20-16-6-5-11-23-17(16)8-9-18(20)28(21)4/h5-6,8-9,11-13H,7,10H2,1-4H3. The normalized spacial score (nSPS) is 13.0. The average Bonchev–Trinajstić information content (AvgIpc) is 3.32. The fourth-order valence-corrected chi connectivity index (χ4v) is 3.99. The van der Waals surface area contributed by atoms with Crippen LogP contribution in [0.2, 0.25) is 0 Å². The van der Waals surface area contributed by atoms with Crippen LogP contribution in [0.25, 0.3) is 27.6 Å². The van der Waals surface area contributed by atoms with Crippen LogP contribution in [-0.2, 0) is 13.5 Å². The van der Waals surface area contributed by atoms with Gasteiger partial charge in [0.05, 0.1) is 27.9 Å². The lowest BCUT2D eigenvalue weighted by molar-refractivity contribution is 0.604. The van der Waals surface area contributed by atoms with Crippen molar-refractivity contribution in [3.63, 3.8) is 0 Å². The number of fused-ring (bicyclic) bond motifs is 4. The largest absolute Gasteiger partial charge is 0.331 e. The molecule has 0 fully saturated rings. The molecule has 4 aromatic heterocycles. The minimum Gasteiger partial charge on any atom is -0.331 e. The molecule has 7 nitrogen and oxygen atoms in total. The third-order valence-corrected chi connectivity index (χ3v) is 5.66. The number of aryl methyl sites for hydroxylation is 4. The highest BCUT2D eigenvalue weighted by atomic mass is 15.3. The predicted molar refractivity (Wildman–Crippen MR) is 113 cm³/mol. The molecule has 1 aromatic carbocycles. The maximum atomic E-state index is 4.99. The van der Waals surface area contributed by atoms with Gasteiger partial charge in [0.25, 0.3) is 0 Å². The first kappa shape index (κ1) is 17.7. The van der Waals surface area contributed by atoms with E-state index in [9.17, 15) is 0 Å². The summed E-state index contributed by atoms with van der Waals surface area (Å²) >= 11 is 0. The van der Waals surface area contributed by atoms with Gasteiger partial charge in [-0.05, 0) is 44.5 Å². The molecule has 1 atom stereocenters. The van der Waals surface area contributed by atoms with Crippen LogP contribution in [-0.4, -0.2) is 34.1 Å². The Kier molecular flexibility index (Phi) is 4.04. The summed E-state index contributed by atoms with van der Waals surface area (Å²) in [6.45, 7) is 6.18. The molecule has 0 bridgehead atoms. The second-order valence-electron chi connectivity index (χ2n) is 7.72. The molecule has 7 heteroatoms. The maximum Gasteiger partial charge on any atom is 0.177 e. The van der Waals surface area contributed by atoms with E-state index in [-0.39, 0.29) is 5.92 Å². The molecule has 0 amide bonds. The zero-order valence-corrected chi connectivity index (χ0v) is 17.1. The molecular weight excluding hydrogens is 362 g/mol. The van der Waals surface area contributed by atoms with E-state index in [1.165, 1.54) is 0 Å². The van der Waals surface area contributed by atoms with E-state index in [2.05, 4.69) is 51.8 Å². The molecule has 0 radical (unpaired) electrons. The lowest BCUT2D eigenvalue weighted by Crippen LogP contribution is -2.05. The number of benzene rings is 1. The fraction of sp³-hybridized carbons (Fsp3) is 0.318. The summed E-state index contributed by atoms with van der Waals surface area (Å²) in [6, 6.07) is 8.22. The molecule has 0 N–H and O–H groups in total. The Morgan fingerprint density at radius 3 is 2.76 bits per heavy atom. The fourth-order valence-electron chi connectivity index (χ4n) is 3.99. The summed E-state index contributed by atoms with van der Waals surface area (Å²) in [4.78, 5) is 18.5. The Hall–Kier alpha value is -3.35. The molecule has 29 heavy (non-hydrogen) atoms. The van der Waals surface area contributed by atoms with Crippen molar-refractivity contribution < 1.29 is 0 Å². The smallest absolute Gasteiger partial charge is 0.177 e. The number of hydrogen-bond acceptors (Lipinski definition) is 5. The quantitative estimate of drug-likeness (QED) is 0.469. The highest BCUT2D eigenvalue weighted by Gasteiger charge is 2.18. The molecule has 5 aromatic rings. The van der Waals surface area contributed by atoms with Gasteiger partial charge < -0.3 is 4.57 Å². The Morgan fingerprint density at radius 1 is 1.07 bits per heavy atom. The zero-order valence-electron chi connectivity index (χ0n) is 17.1. The van der Waals surface area contributed by atoms with Crippen LogP contribution in [0.3, 0.4) is 0 Å². The van der Waals surface area contributed by atoms with Crippen molar-refractivity contribution >= 4 is 27.6 Å². The first-order chi connectivity index (χ1) is 14.0. The third kappa shape index (κ3) is 2.85. The topological polar surface area (TPSA) is 73.8 Å². The molecular formula is C22H23N7. The van der Waals surface area contributed by atoms with E-state index in [1.54, 1.807) is 0 Å². The van der Waals surface area contributed by atoms with Gasteiger partial charge in [0.15, 0.2) is 11.5 Å². The lowest BCUT2D eigenvalue weighted by atomic mass is 10.0. The van der Waals surface area contributed by atoms with E-state index in [0.29, 0.717) is 0 Å². The molecule has 0 aliphatic rings. The third-order valence-electron chi connectivity index (χ3n) is 5.66. The van der Waals surface area contributed by atoms with Crippen LogP contribution in [0.15, 0.2) is 36.7 Å². The van der Waals surface area contributed by atoms with Crippen molar-refractivity contribution in [2.24, 2.45) is 7.05 Å². The van der Waals surface area contributed by atoms with Gasteiger partial charge in [-0.3, -0.25) is 9.97 Å². The van der Waals surface area contributed by atoms with E-state index in [1.807, 2.05) is 36.8 Å². The predicted octanol–water partition coefficient (Wildman–Crippen LogP) is 3.91. The SMILES string of the molecule is Cc1ncc(C)n2nc(CCC(C)c3nc4c5cccnc5ccc4n3C)nc12. The zero-order chi connectivity index (χ0) is 20.1. The molecule has 0 aliphatic carbocycles. The lowest BCUT2D eigenvalue weighted by Gasteiger charge is -2.10. The van der Waals surface area contributed by atoms with Gasteiger partial charge in [0, 0.05) is 37.2 Å². The summed E-state index contributed by atoms with van der Waals surface area (Å²) in [5.74, 6) is 2.21. The van der Waals surface area contributed by atoms with Gasteiger partial charge in [0.2, 0.25) is 0 Å². The van der Waals surface area contributed by atoms with E-state index in [0.717, 1.165) is 63.5 Å². The molecule has 1 unspecified atom stereocenters. The van der Waals surface area contributed by atoms with Gasteiger partial charge in [-0.15, -0.1) is 0 Å². The van der Waals surface area contributed by atoms with Crippen LogP contribution < -0.4 is 0 Å². The van der Waals surface area contributed by atoms with Crippen LogP contribution >= 0.6 is 0 Å². The minimum absolute atomic E-state index is 0.283. The highest BCUT2D eigenvalue weighted by Crippen LogP contribution is 2.28. The van der Waals surface area contributed by atoms with E-state index >= 15 is 0 Å². The number of pyridine rings is 1. The number of nitrogens with zero attached hydrogens (tertiary/aromatic N) is 7. The molecule has 5 rings (SSSR count). The van der Waals surface area contributed by atoms with Gasteiger partial charge >= 0.3 is 0 Å². The first-order valence-electron chi connectivity index (χ1n) is 9.91. The second kappa shape index (κ2) is 6.62. The number of aromatic nitrogens is 7. The van der Waals surface area contributed by atoms with Gasteiger partial charge in [-0.25, -0.2) is 14.5 Å². The van der Waals surface area contributed by atoms with Crippen molar-refractivity contribution in [1.82, 2.24) is 34.1 Å². The van der Waals surface area contributed by atoms with E-state index in [4.69, 9.17) is 9.97 Å². The highest BCUT2D eigenvalue weighted by molar-refractivity contribution is 6.02. The molecule has 0 saturated carbocycles. The molecule has 146 valence electrons. The molecule has 0 spiro atoms. The Balaban J connectivity index is 1.45. The number of rotatable bonds is 4. The summed E-state index contributed by atoms with van der Waals surface area (Å²) in [5.41, 5.74) is 5.87. The Labute approximate surface area is 168 Å². The first-order valence-corrected chi connectivity index (χ1v) is 9.91. The summed E-state index contributed by atoms with van der Waals surface area (Å²) in [5, 5.41) is 5.77. The van der Waals surface area contributed by atoms with Crippen molar-refractivity contribution in [1.29, 1.82) is 0 Å². The Bertz CT molecular complexity index is 1320. The minimum atomic E-state index is 0.283. The van der Waals surface area contributed by atoms with Gasteiger partial charge in [0.1, 0.15) is 5.82 Å². The monoisotopic (exact) mass is 385 g/mol. The second-order valence-corrected chi connectivity index (χ2v) is 7.72. The molecule has 0 saturated heterocycles. The van der Waals surface area contributed by atoms with Crippen LogP contribution in [0.1, 0.15) is 42.3 Å². The van der Waals surface area contributed by atoms with E-state index < -0.39 is 0 Å². The number of imidazole rings is 1. The van der Waals surface area contributed by atoms with Crippen molar-refractivity contribution in [2.45, 2.75) is 39.5 Å². The van der Waals surface area contributed by atoms with Gasteiger partial charge in [-0.2, -0.15) is 5.10 Å². The average molecular weight is 385 g/mol. The molecule has 0 aliphatic heterocycles. The molecule has 4 heterocycles. The summed E-state index contributed by atoms with van der Waals surface area (Å²) in [6.07, 6.45) is 5.38. The maximum absolute atomic E-state index is 4.99. The number of hydrogen-bond donors (Lipinski definition) is 0. The summed E-state index contributed by atoms with van der Waals surface area (Å²) in [7, 11) is 2.09. The van der Waals surface area contributed by atoms with Crippen LogP contribution in [0.5, 0.6) is 0 Å². The Morgan fingerprint density at radius 2 is 1.93 bits per heavy atom. The van der Waals surface area contributed by atoms with Crippen molar-refractivity contribution in [3.05, 3.63) is 59.7 Å². The van der Waals surface area contributed by atoms with Gasteiger partial charge in [-0.1, -0.05) is 6.92 Å². The van der Waals surface area contributed by atoms with Crippen LogP contribution in [0, 0.1) is 13.8 Å². The summed E-state index contributed by atoms with van der Waals surface area (Å²) < 4.78 is 4.08. The van der Waals surface area contributed by atoms with Crippen LogP contribution in [0.4, 0.5) is 0 Å².